The summed E-state index contributed by atoms with van der Waals surface area (Å²) in [5.74, 6) is -2.05. The molecule has 0 bridgehead atoms. The van der Waals surface area contributed by atoms with Crippen LogP contribution in [0.5, 0.6) is 0 Å². The molecule has 1 amide bonds. The highest BCUT2D eigenvalue weighted by atomic mass is 32.2. The molecule has 1 aromatic heterocycles. The predicted molar refractivity (Wildman–Crippen MR) is 82.7 cm³/mol. The van der Waals surface area contributed by atoms with E-state index in [1.807, 2.05) is 6.92 Å². The van der Waals surface area contributed by atoms with Crippen molar-refractivity contribution in [2.45, 2.75) is 44.0 Å². The molecule has 23 heavy (non-hydrogen) atoms. The van der Waals surface area contributed by atoms with Gasteiger partial charge in [0.15, 0.2) is 5.76 Å². The van der Waals surface area contributed by atoms with E-state index in [0.717, 1.165) is 16.8 Å². The van der Waals surface area contributed by atoms with E-state index in [4.69, 9.17) is 9.52 Å². The molecule has 0 aliphatic rings. The Morgan fingerprint density at radius 1 is 1.39 bits per heavy atom. The van der Waals surface area contributed by atoms with Crippen LogP contribution in [0.15, 0.2) is 15.4 Å². The van der Waals surface area contributed by atoms with Gasteiger partial charge in [0.25, 0.3) is 5.91 Å². The van der Waals surface area contributed by atoms with Crippen LogP contribution in [0.2, 0.25) is 0 Å². The topological polar surface area (TPSA) is 117 Å². The zero-order valence-corrected chi connectivity index (χ0v) is 14.4. The van der Waals surface area contributed by atoms with Crippen LogP contribution in [-0.2, 0) is 14.8 Å². The smallest absolute Gasteiger partial charge is 0.326 e. The Bertz CT molecular complexity index is 677. The number of rotatable bonds is 8. The molecule has 0 unspecified atom stereocenters. The minimum absolute atomic E-state index is 0.0734. The number of aliphatic carboxylic acids is 1. The molecular weight excluding hydrogens is 324 g/mol. The second kappa shape index (κ2) is 7.60. The molecular formula is C14H22N2O6S. The van der Waals surface area contributed by atoms with Gasteiger partial charge in [0, 0.05) is 20.2 Å². The summed E-state index contributed by atoms with van der Waals surface area (Å²) in [4.78, 5) is 23.1. The van der Waals surface area contributed by atoms with Gasteiger partial charge in [-0.05, 0) is 13.3 Å². The molecule has 2 N–H and O–H groups in total. The van der Waals surface area contributed by atoms with E-state index >= 15 is 0 Å². The van der Waals surface area contributed by atoms with Gasteiger partial charge in [-0.1, -0.05) is 19.8 Å². The van der Waals surface area contributed by atoms with Crippen molar-refractivity contribution in [3.8, 4) is 0 Å². The van der Waals surface area contributed by atoms with Crippen LogP contribution in [0.25, 0.3) is 0 Å². The number of nitrogens with one attached hydrogen (secondary N) is 1. The van der Waals surface area contributed by atoms with E-state index in [0.29, 0.717) is 12.8 Å². The molecule has 1 heterocycles. The highest BCUT2D eigenvalue weighted by molar-refractivity contribution is 7.89. The molecule has 1 rings (SSSR count). The van der Waals surface area contributed by atoms with Crippen LogP contribution < -0.4 is 5.32 Å². The zero-order valence-electron chi connectivity index (χ0n) is 13.6. The fourth-order valence-corrected chi connectivity index (χ4v) is 2.98. The van der Waals surface area contributed by atoms with Crippen molar-refractivity contribution < 1.29 is 27.5 Å². The molecule has 9 heteroatoms. The van der Waals surface area contributed by atoms with Crippen molar-refractivity contribution in [1.29, 1.82) is 0 Å². The second-order valence-electron chi connectivity index (χ2n) is 5.33. The van der Waals surface area contributed by atoms with E-state index in [9.17, 15) is 18.0 Å². The Kier molecular flexibility index (Phi) is 6.34. The first-order valence-electron chi connectivity index (χ1n) is 7.17. The first-order valence-corrected chi connectivity index (χ1v) is 8.61. The number of hydrogen-bond acceptors (Lipinski definition) is 5. The van der Waals surface area contributed by atoms with E-state index in [-0.39, 0.29) is 16.4 Å². The number of unbranched alkanes of at least 4 members (excludes halogenated alkanes) is 1. The number of hydrogen-bond donors (Lipinski definition) is 2. The maximum absolute atomic E-state index is 12.1. The van der Waals surface area contributed by atoms with Crippen molar-refractivity contribution in [2.24, 2.45) is 0 Å². The lowest BCUT2D eigenvalue weighted by Gasteiger charge is -2.12. The summed E-state index contributed by atoms with van der Waals surface area (Å²) < 4.78 is 30.4. The van der Waals surface area contributed by atoms with Gasteiger partial charge < -0.3 is 14.8 Å². The molecule has 0 radical (unpaired) electrons. The maximum atomic E-state index is 12.1. The fourth-order valence-electron chi connectivity index (χ4n) is 1.93. The van der Waals surface area contributed by atoms with Crippen molar-refractivity contribution in [3.63, 3.8) is 0 Å². The Hall–Kier alpha value is -1.87. The molecule has 0 saturated carbocycles. The monoisotopic (exact) mass is 346 g/mol. The maximum Gasteiger partial charge on any atom is 0.326 e. The molecule has 130 valence electrons. The van der Waals surface area contributed by atoms with Crippen LogP contribution in [0.1, 0.15) is 42.5 Å². The number of carbonyl (C=O) groups is 2. The van der Waals surface area contributed by atoms with Gasteiger partial charge in [-0.3, -0.25) is 4.79 Å². The van der Waals surface area contributed by atoms with Gasteiger partial charge in [0.05, 0.1) is 0 Å². The van der Waals surface area contributed by atoms with E-state index < -0.39 is 27.9 Å². The third-order valence-electron chi connectivity index (χ3n) is 3.30. The largest absolute Gasteiger partial charge is 0.480 e. The molecule has 0 saturated heterocycles. The first kappa shape index (κ1) is 19.2. The highest BCUT2D eigenvalue weighted by Gasteiger charge is 2.27. The molecule has 0 aliphatic heterocycles. The Labute approximate surface area is 135 Å². The van der Waals surface area contributed by atoms with E-state index in [1.165, 1.54) is 21.0 Å². The zero-order chi connectivity index (χ0) is 17.8. The van der Waals surface area contributed by atoms with Crippen LogP contribution >= 0.6 is 0 Å². The van der Waals surface area contributed by atoms with Gasteiger partial charge in [0.1, 0.15) is 16.7 Å². The minimum Gasteiger partial charge on any atom is -0.480 e. The molecule has 0 fully saturated rings. The molecule has 0 spiro atoms. The number of amides is 1. The molecule has 8 nitrogen and oxygen atoms in total. The fraction of sp³-hybridized carbons (Fsp3) is 0.571. The number of carbonyl (C=O) groups excluding carboxylic acids is 1. The van der Waals surface area contributed by atoms with Crippen molar-refractivity contribution in [3.05, 3.63) is 17.6 Å². The summed E-state index contributed by atoms with van der Waals surface area (Å²) in [6, 6.07) is 0.0698. The number of carboxylic acid groups (broad SMARTS) is 1. The van der Waals surface area contributed by atoms with Gasteiger partial charge in [-0.15, -0.1) is 0 Å². The number of sulfonamides is 1. The third-order valence-corrected chi connectivity index (χ3v) is 5.23. The SMILES string of the molecule is CCCC[C@H](NC(=O)c1cc(S(=O)(=O)N(C)C)c(C)o1)C(=O)O. The van der Waals surface area contributed by atoms with Crippen molar-refractivity contribution >= 4 is 21.9 Å². The lowest BCUT2D eigenvalue weighted by atomic mass is 10.1. The summed E-state index contributed by atoms with van der Waals surface area (Å²) in [6.45, 7) is 3.34. The quantitative estimate of drug-likeness (QED) is 0.731. The normalized spacial score (nSPS) is 13.1. The molecule has 0 aromatic carbocycles. The number of carboxylic acids is 1. The van der Waals surface area contributed by atoms with Gasteiger partial charge in [0.2, 0.25) is 10.0 Å². The number of nitrogens with zero attached hydrogens (tertiary/aromatic N) is 1. The average Bonchev–Trinajstić information content (AvgIpc) is 2.85. The average molecular weight is 346 g/mol. The predicted octanol–water partition coefficient (Wildman–Crippen LogP) is 1.21. The molecule has 1 aromatic rings. The van der Waals surface area contributed by atoms with Gasteiger partial charge in [-0.25, -0.2) is 17.5 Å². The summed E-state index contributed by atoms with van der Waals surface area (Å²) >= 11 is 0. The summed E-state index contributed by atoms with van der Waals surface area (Å²) in [6.07, 6.45) is 1.74. The third kappa shape index (κ3) is 4.55. The lowest BCUT2D eigenvalue weighted by molar-refractivity contribution is -0.139. The standard InChI is InChI=1S/C14H22N2O6S/c1-5-6-7-10(14(18)19)15-13(17)11-8-12(9(2)22-11)23(20,21)16(3)4/h8,10H,5-7H2,1-4H3,(H,15,17)(H,18,19)/t10-/m0/s1. The molecule has 0 aliphatic carbocycles. The number of aryl methyl sites for hydroxylation is 1. The van der Waals surface area contributed by atoms with Gasteiger partial charge in [-0.2, -0.15) is 0 Å². The summed E-state index contributed by atoms with van der Waals surface area (Å²) in [5.41, 5.74) is 0. The first-order chi connectivity index (χ1) is 10.6. The van der Waals surface area contributed by atoms with E-state index in [1.54, 1.807) is 0 Å². The Morgan fingerprint density at radius 3 is 2.48 bits per heavy atom. The minimum atomic E-state index is -3.74. The van der Waals surface area contributed by atoms with Crippen LogP contribution in [-0.4, -0.2) is 49.8 Å². The molecule has 1 atom stereocenters. The van der Waals surface area contributed by atoms with Crippen molar-refractivity contribution in [1.82, 2.24) is 9.62 Å². The second-order valence-corrected chi connectivity index (χ2v) is 7.45. The van der Waals surface area contributed by atoms with Crippen molar-refractivity contribution in [2.75, 3.05) is 14.1 Å². The lowest BCUT2D eigenvalue weighted by Crippen LogP contribution is -2.40. The van der Waals surface area contributed by atoms with Crippen LogP contribution in [0.3, 0.4) is 0 Å². The van der Waals surface area contributed by atoms with E-state index in [2.05, 4.69) is 5.32 Å². The summed E-state index contributed by atoms with van der Waals surface area (Å²) in [5, 5.41) is 11.5. The highest BCUT2D eigenvalue weighted by Crippen LogP contribution is 2.22. The number of furan rings is 1. The van der Waals surface area contributed by atoms with Crippen LogP contribution in [0, 0.1) is 6.92 Å². The Morgan fingerprint density at radius 2 is 2.00 bits per heavy atom. The Balaban J connectivity index is 3.00. The van der Waals surface area contributed by atoms with Crippen LogP contribution in [0.4, 0.5) is 0 Å². The summed E-state index contributed by atoms with van der Waals surface area (Å²) in [7, 11) is -1.00. The van der Waals surface area contributed by atoms with Gasteiger partial charge >= 0.3 is 5.97 Å².